The predicted molar refractivity (Wildman–Crippen MR) is 45.9 cm³/mol. The van der Waals surface area contributed by atoms with E-state index in [0.717, 1.165) is 6.54 Å². The van der Waals surface area contributed by atoms with Crippen LogP contribution in [0.25, 0.3) is 0 Å². The first kappa shape index (κ1) is 8.68. The number of nitrogens with zero attached hydrogens (tertiary/aromatic N) is 1. The van der Waals surface area contributed by atoms with Crippen molar-refractivity contribution in [2.75, 3.05) is 13.1 Å². The van der Waals surface area contributed by atoms with Gasteiger partial charge in [0.2, 0.25) is 0 Å². The van der Waals surface area contributed by atoms with Crippen LogP contribution < -0.4 is 11.1 Å². The zero-order chi connectivity index (χ0) is 9.31. The minimum Gasteiger partial charge on any atom is -0.386 e. The minimum absolute atomic E-state index is 0.471. The predicted octanol–water partition coefficient (Wildman–Crippen LogP) is -0.601. The summed E-state index contributed by atoms with van der Waals surface area (Å²) in [7, 11) is 0. The summed E-state index contributed by atoms with van der Waals surface area (Å²) in [5.41, 5.74) is 5.59. The molecule has 0 aromatic carbocycles. The molecule has 1 aromatic rings. The number of hydrogen-bond donors (Lipinski definition) is 3. The van der Waals surface area contributed by atoms with Gasteiger partial charge >= 0.3 is 0 Å². The highest BCUT2D eigenvalue weighted by Gasteiger charge is 2.39. The molecule has 5 heteroatoms. The summed E-state index contributed by atoms with van der Waals surface area (Å²) >= 11 is 0. The Balaban J connectivity index is 2.16. The molecule has 13 heavy (non-hydrogen) atoms. The molecular formula is C8H13N3O2. The second-order valence-electron chi connectivity index (χ2n) is 3.43. The van der Waals surface area contributed by atoms with Crippen molar-refractivity contribution in [3.05, 3.63) is 18.0 Å². The summed E-state index contributed by atoms with van der Waals surface area (Å²) in [6.07, 6.45) is 2.11. The fourth-order valence-corrected chi connectivity index (χ4v) is 1.62. The van der Waals surface area contributed by atoms with Crippen molar-refractivity contribution in [1.29, 1.82) is 0 Å². The van der Waals surface area contributed by atoms with E-state index in [1.54, 1.807) is 6.07 Å². The van der Waals surface area contributed by atoms with Crippen LogP contribution in [-0.2, 0) is 0 Å². The van der Waals surface area contributed by atoms with Gasteiger partial charge in [0.05, 0.1) is 11.6 Å². The van der Waals surface area contributed by atoms with Crippen molar-refractivity contribution >= 4 is 0 Å². The number of nitrogens with one attached hydrogen (secondary N) is 1. The summed E-state index contributed by atoms with van der Waals surface area (Å²) < 4.78 is 4.68. The highest BCUT2D eigenvalue weighted by molar-refractivity contribution is 5.11. The summed E-state index contributed by atoms with van der Waals surface area (Å²) in [6.45, 7) is 1.31. The van der Waals surface area contributed by atoms with Crippen LogP contribution in [0.1, 0.15) is 18.2 Å². The molecule has 0 spiro atoms. The number of rotatable bonds is 2. The molecular weight excluding hydrogens is 170 g/mol. The third-order valence-corrected chi connectivity index (χ3v) is 2.52. The van der Waals surface area contributed by atoms with Crippen LogP contribution in [0.3, 0.4) is 0 Å². The molecule has 1 aromatic heterocycles. The number of aliphatic hydroxyl groups is 1. The molecule has 2 heterocycles. The summed E-state index contributed by atoms with van der Waals surface area (Å²) in [5.74, 6) is 0. The molecule has 0 amide bonds. The van der Waals surface area contributed by atoms with Gasteiger partial charge in [0.15, 0.2) is 0 Å². The third kappa shape index (κ3) is 1.46. The van der Waals surface area contributed by atoms with Crippen LogP contribution >= 0.6 is 0 Å². The van der Waals surface area contributed by atoms with Crippen molar-refractivity contribution in [3.8, 4) is 0 Å². The van der Waals surface area contributed by atoms with Gasteiger partial charge in [0.25, 0.3) is 0 Å². The normalized spacial score (nSPS) is 30.6. The fraction of sp³-hybridized carbons (Fsp3) is 0.625. The molecule has 0 aliphatic carbocycles. The van der Waals surface area contributed by atoms with E-state index in [1.165, 1.54) is 6.26 Å². The molecule has 72 valence electrons. The number of β-amino-alcohol motifs (C(OH)–C–C–N with tert-alkyl or cyclic N) is 1. The SMILES string of the molecule is NC(c1ccon1)C1(O)CCNC1. The Morgan fingerprint density at radius 1 is 1.77 bits per heavy atom. The molecule has 5 nitrogen and oxygen atoms in total. The first-order valence-corrected chi connectivity index (χ1v) is 4.31. The average Bonchev–Trinajstić information content (AvgIpc) is 2.73. The molecule has 2 atom stereocenters. The molecule has 2 unspecified atom stereocenters. The van der Waals surface area contributed by atoms with E-state index in [2.05, 4.69) is 15.0 Å². The molecule has 0 saturated carbocycles. The van der Waals surface area contributed by atoms with Gasteiger partial charge < -0.3 is 20.7 Å². The first-order chi connectivity index (χ1) is 6.22. The van der Waals surface area contributed by atoms with Gasteiger partial charge in [-0.15, -0.1) is 0 Å². The number of aromatic nitrogens is 1. The molecule has 2 rings (SSSR count). The molecule has 0 bridgehead atoms. The Labute approximate surface area is 75.9 Å². The van der Waals surface area contributed by atoms with Crippen molar-refractivity contribution in [2.45, 2.75) is 18.1 Å². The Hall–Kier alpha value is -0.910. The van der Waals surface area contributed by atoms with Crippen LogP contribution in [0.15, 0.2) is 16.9 Å². The van der Waals surface area contributed by atoms with Gasteiger partial charge in [-0.25, -0.2) is 0 Å². The molecule has 1 saturated heterocycles. The van der Waals surface area contributed by atoms with Crippen molar-refractivity contribution in [2.24, 2.45) is 5.73 Å². The summed E-state index contributed by atoms with van der Waals surface area (Å²) in [5, 5.41) is 16.8. The standard InChI is InChI=1S/C8H13N3O2/c9-7(6-1-4-13-11-6)8(12)2-3-10-5-8/h1,4,7,10,12H,2-3,5,9H2. The Kier molecular flexibility index (Phi) is 2.07. The van der Waals surface area contributed by atoms with Crippen LogP contribution in [0.4, 0.5) is 0 Å². The van der Waals surface area contributed by atoms with Crippen LogP contribution in [0, 0.1) is 0 Å². The zero-order valence-electron chi connectivity index (χ0n) is 7.23. The molecule has 1 aliphatic heterocycles. The second kappa shape index (κ2) is 3.10. The lowest BCUT2D eigenvalue weighted by Crippen LogP contribution is -2.43. The lowest BCUT2D eigenvalue weighted by atomic mass is 9.92. The number of hydrogen-bond acceptors (Lipinski definition) is 5. The van der Waals surface area contributed by atoms with E-state index in [9.17, 15) is 5.11 Å². The van der Waals surface area contributed by atoms with Crippen LogP contribution in [-0.4, -0.2) is 29.0 Å². The molecule has 0 radical (unpaired) electrons. The Morgan fingerprint density at radius 2 is 2.62 bits per heavy atom. The monoisotopic (exact) mass is 183 g/mol. The van der Waals surface area contributed by atoms with Gasteiger partial charge in [0.1, 0.15) is 12.0 Å². The van der Waals surface area contributed by atoms with E-state index in [0.29, 0.717) is 18.7 Å². The van der Waals surface area contributed by atoms with Crippen molar-refractivity contribution in [3.63, 3.8) is 0 Å². The summed E-state index contributed by atoms with van der Waals surface area (Å²) in [6, 6.07) is 1.21. The van der Waals surface area contributed by atoms with Gasteiger partial charge in [-0.3, -0.25) is 0 Å². The van der Waals surface area contributed by atoms with Crippen LogP contribution in [0.5, 0.6) is 0 Å². The Bertz CT molecular complexity index is 267. The maximum atomic E-state index is 10.1. The van der Waals surface area contributed by atoms with Crippen molar-refractivity contribution in [1.82, 2.24) is 10.5 Å². The highest BCUT2D eigenvalue weighted by atomic mass is 16.5. The van der Waals surface area contributed by atoms with E-state index >= 15 is 0 Å². The van der Waals surface area contributed by atoms with E-state index < -0.39 is 11.6 Å². The smallest absolute Gasteiger partial charge is 0.124 e. The lowest BCUT2D eigenvalue weighted by Gasteiger charge is -2.26. The van der Waals surface area contributed by atoms with E-state index in [4.69, 9.17) is 5.73 Å². The second-order valence-corrected chi connectivity index (χ2v) is 3.43. The lowest BCUT2D eigenvalue weighted by molar-refractivity contribution is 0.0313. The molecule has 1 aliphatic rings. The zero-order valence-corrected chi connectivity index (χ0v) is 7.23. The molecule has 1 fully saturated rings. The first-order valence-electron chi connectivity index (χ1n) is 4.31. The Morgan fingerprint density at radius 3 is 3.15 bits per heavy atom. The number of nitrogens with two attached hydrogens (primary N) is 1. The topological polar surface area (TPSA) is 84.3 Å². The van der Waals surface area contributed by atoms with Gasteiger partial charge in [0, 0.05) is 12.6 Å². The van der Waals surface area contributed by atoms with Gasteiger partial charge in [-0.1, -0.05) is 5.16 Å². The van der Waals surface area contributed by atoms with E-state index in [-0.39, 0.29) is 0 Å². The van der Waals surface area contributed by atoms with Crippen molar-refractivity contribution < 1.29 is 9.63 Å². The largest absolute Gasteiger partial charge is 0.386 e. The fourth-order valence-electron chi connectivity index (χ4n) is 1.62. The van der Waals surface area contributed by atoms with Crippen LogP contribution in [0.2, 0.25) is 0 Å². The van der Waals surface area contributed by atoms with Gasteiger partial charge in [-0.2, -0.15) is 0 Å². The van der Waals surface area contributed by atoms with E-state index in [1.807, 2.05) is 0 Å². The quantitative estimate of drug-likeness (QED) is 0.570. The maximum Gasteiger partial charge on any atom is 0.124 e. The summed E-state index contributed by atoms with van der Waals surface area (Å²) in [4.78, 5) is 0. The minimum atomic E-state index is -0.878. The maximum absolute atomic E-state index is 10.1. The third-order valence-electron chi connectivity index (χ3n) is 2.52. The highest BCUT2D eigenvalue weighted by Crippen LogP contribution is 2.27. The average molecular weight is 183 g/mol. The van der Waals surface area contributed by atoms with Gasteiger partial charge in [-0.05, 0) is 13.0 Å². The molecule has 4 N–H and O–H groups in total.